The standard InChI is InChI=1S/C17H27NO/c1-5-10-18-17-13(3)12(2)6-7-14-8-9-15(19-4)11-16(14)17/h8-9,11-13,17-18H,5-7,10H2,1-4H3. The van der Waals surface area contributed by atoms with Crippen molar-refractivity contribution in [2.24, 2.45) is 11.8 Å². The van der Waals surface area contributed by atoms with Gasteiger partial charge >= 0.3 is 0 Å². The molecule has 0 saturated carbocycles. The Bertz CT molecular complexity index is 416. The molecule has 0 aromatic heterocycles. The number of aryl methyl sites for hydroxylation is 1. The first kappa shape index (κ1) is 14.4. The molecule has 19 heavy (non-hydrogen) atoms. The molecular weight excluding hydrogens is 234 g/mol. The van der Waals surface area contributed by atoms with E-state index >= 15 is 0 Å². The van der Waals surface area contributed by atoms with Gasteiger partial charge in [-0.1, -0.05) is 26.8 Å². The Morgan fingerprint density at radius 1 is 1.32 bits per heavy atom. The van der Waals surface area contributed by atoms with Crippen molar-refractivity contribution in [1.29, 1.82) is 0 Å². The van der Waals surface area contributed by atoms with Gasteiger partial charge in [0.05, 0.1) is 7.11 Å². The van der Waals surface area contributed by atoms with Crippen LogP contribution >= 0.6 is 0 Å². The fourth-order valence-electron chi connectivity index (χ4n) is 3.07. The van der Waals surface area contributed by atoms with Gasteiger partial charge in [-0.2, -0.15) is 0 Å². The van der Waals surface area contributed by atoms with Crippen molar-refractivity contribution in [3.05, 3.63) is 29.3 Å². The van der Waals surface area contributed by atoms with Crippen molar-refractivity contribution in [3.63, 3.8) is 0 Å². The van der Waals surface area contributed by atoms with Gasteiger partial charge in [-0.25, -0.2) is 0 Å². The highest BCUT2D eigenvalue weighted by atomic mass is 16.5. The monoisotopic (exact) mass is 261 g/mol. The van der Waals surface area contributed by atoms with E-state index in [1.165, 1.54) is 30.4 Å². The molecule has 1 N–H and O–H groups in total. The molecule has 1 aromatic carbocycles. The van der Waals surface area contributed by atoms with Gasteiger partial charge in [0.2, 0.25) is 0 Å². The van der Waals surface area contributed by atoms with Gasteiger partial charge in [-0.05, 0) is 60.9 Å². The first-order valence-corrected chi connectivity index (χ1v) is 7.57. The lowest BCUT2D eigenvalue weighted by Gasteiger charge is -2.28. The lowest BCUT2D eigenvalue weighted by atomic mass is 9.85. The van der Waals surface area contributed by atoms with Crippen LogP contribution in [0.5, 0.6) is 5.75 Å². The van der Waals surface area contributed by atoms with E-state index in [2.05, 4.69) is 44.3 Å². The third-order valence-electron chi connectivity index (χ3n) is 4.59. The maximum atomic E-state index is 5.41. The zero-order chi connectivity index (χ0) is 13.8. The highest BCUT2D eigenvalue weighted by Crippen LogP contribution is 2.37. The minimum atomic E-state index is 0.461. The molecule has 1 aliphatic carbocycles. The van der Waals surface area contributed by atoms with E-state index in [-0.39, 0.29) is 0 Å². The molecule has 0 radical (unpaired) electrons. The second-order valence-electron chi connectivity index (χ2n) is 5.87. The predicted octanol–water partition coefficient (Wildman–Crippen LogP) is 3.95. The van der Waals surface area contributed by atoms with Crippen molar-refractivity contribution in [2.45, 2.75) is 46.1 Å². The predicted molar refractivity (Wildman–Crippen MR) is 80.7 cm³/mol. The van der Waals surface area contributed by atoms with Crippen LogP contribution in [0.1, 0.15) is 50.8 Å². The average molecular weight is 261 g/mol. The maximum Gasteiger partial charge on any atom is 0.119 e. The van der Waals surface area contributed by atoms with Gasteiger partial charge < -0.3 is 10.1 Å². The van der Waals surface area contributed by atoms with E-state index in [1.807, 2.05) is 0 Å². The molecule has 0 spiro atoms. The lowest BCUT2D eigenvalue weighted by Crippen LogP contribution is -2.30. The van der Waals surface area contributed by atoms with Crippen molar-refractivity contribution in [3.8, 4) is 5.75 Å². The molecular formula is C17H27NO. The number of hydrogen-bond donors (Lipinski definition) is 1. The van der Waals surface area contributed by atoms with Crippen LogP contribution < -0.4 is 10.1 Å². The van der Waals surface area contributed by atoms with Gasteiger partial charge in [-0.15, -0.1) is 0 Å². The van der Waals surface area contributed by atoms with Crippen LogP contribution in [0.2, 0.25) is 0 Å². The lowest BCUT2D eigenvalue weighted by molar-refractivity contribution is 0.285. The number of rotatable bonds is 4. The Morgan fingerprint density at radius 2 is 2.11 bits per heavy atom. The van der Waals surface area contributed by atoms with Crippen LogP contribution in [-0.4, -0.2) is 13.7 Å². The molecule has 0 fully saturated rings. The summed E-state index contributed by atoms with van der Waals surface area (Å²) in [5.74, 6) is 2.40. The van der Waals surface area contributed by atoms with Crippen LogP contribution in [0.3, 0.4) is 0 Å². The third kappa shape index (κ3) is 3.11. The number of hydrogen-bond acceptors (Lipinski definition) is 2. The Morgan fingerprint density at radius 3 is 2.79 bits per heavy atom. The molecule has 0 heterocycles. The topological polar surface area (TPSA) is 21.3 Å². The van der Waals surface area contributed by atoms with Crippen LogP contribution in [0.25, 0.3) is 0 Å². The highest BCUT2D eigenvalue weighted by molar-refractivity contribution is 5.39. The van der Waals surface area contributed by atoms with Crippen molar-refractivity contribution in [2.75, 3.05) is 13.7 Å². The highest BCUT2D eigenvalue weighted by Gasteiger charge is 2.29. The Kier molecular flexibility index (Phi) is 4.87. The SMILES string of the molecule is CCCNC1c2cc(OC)ccc2CCC(C)C1C. The van der Waals surface area contributed by atoms with Gasteiger partial charge in [0.15, 0.2) is 0 Å². The second-order valence-corrected chi connectivity index (χ2v) is 5.87. The Labute approximate surface area is 117 Å². The van der Waals surface area contributed by atoms with Gasteiger partial charge in [-0.3, -0.25) is 0 Å². The fourth-order valence-corrected chi connectivity index (χ4v) is 3.07. The summed E-state index contributed by atoms with van der Waals surface area (Å²) in [5, 5.41) is 3.74. The fraction of sp³-hybridized carbons (Fsp3) is 0.647. The number of methoxy groups -OCH3 is 1. The molecule has 2 nitrogen and oxygen atoms in total. The summed E-state index contributed by atoms with van der Waals surface area (Å²) in [6.07, 6.45) is 3.65. The molecule has 1 aliphatic rings. The zero-order valence-electron chi connectivity index (χ0n) is 12.7. The molecule has 2 heteroatoms. The molecule has 1 aromatic rings. The molecule has 2 rings (SSSR count). The number of ether oxygens (including phenoxy) is 1. The molecule has 3 unspecified atom stereocenters. The summed E-state index contributed by atoms with van der Waals surface area (Å²) < 4.78 is 5.41. The van der Waals surface area contributed by atoms with E-state index < -0.39 is 0 Å². The van der Waals surface area contributed by atoms with Crippen LogP contribution in [0.4, 0.5) is 0 Å². The first-order chi connectivity index (χ1) is 9.17. The van der Waals surface area contributed by atoms with Crippen LogP contribution in [0, 0.1) is 11.8 Å². The minimum Gasteiger partial charge on any atom is -0.497 e. The van der Waals surface area contributed by atoms with E-state index in [4.69, 9.17) is 4.74 Å². The summed E-state index contributed by atoms with van der Waals surface area (Å²) in [5.41, 5.74) is 2.94. The summed E-state index contributed by atoms with van der Waals surface area (Å²) >= 11 is 0. The second kappa shape index (κ2) is 6.42. The smallest absolute Gasteiger partial charge is 0.119 e. The van der Waals surface area contributed by atoms with Crippen LogP contribution in [0.15, 0.2) is 18.2 Å². The van der Waals surface area contributed by atoms with Gasteiger partial charge in [0, 0.05) is 6.04 Å². The third-order valence-corrected chi connectivity index (χ3v) is 4.59. The summed E-state index contributed by atoms with van der Waals surface area (Å²) in [7, 11) is 1.75. The molecule has 0 bridgehead atoms. The summed E-state index contributed by atoms with van der Waals surface area (Å²) in [6, 6.07) is 7.04. The van der Waals surface area contributed by atoms with Crippen molar-refractivity contribution in [1.82, 2.24) is 5.32 Å². The van der Waals surface area contributed by atoms with E-state index in [0.29, 0.717) is 12.0 Å². The number of nitrogens with one attached hydrogen (secondary N) is 1. The summed E-state index contributed by atoms with van der Waals surface area (Å²) in [6.45, 7) is 8.07. The molecule has 0 saturated heterocycles. The molecule has 0 amide bonds. The van der Waals surface area contributed by atoms with Gasteiger partial charge in [0.25, 0.3) is 0 Å². The first-order valence-electron chi connectivity index (χ1n) is 7.57. The average Bonchev–Trinajstić information content (AvgIpc) is 2.55. The summed E-state index contributed by atoms with van der Waals surface area (Å²) in [4.78, 5) is 0. The number of fused-ring (bicyclic) bond motifs is 1. The molecule has 0 aliphatic heterocycles. The normalized spacial score (nSPS) is 26.6. The number of benzene rings is 1. The Hall–Kier alpha value is -1.02. The van der Waals surface area contributed by atoms with Crippen molar-refractivity contribution >= 4 is 0 Å². The van der Waals surface area contributed by atoms with Crippen molar-refractivity contribution < 1.29 is 4.74 Å². The van der Waals surface area contributed by atoms with E-state index in [9.17, 15) is 0 Å². The zero-order valence-corrected chi connectivity index (χ0v) is 12.7. The molecule has 3 atom stereocenters. The maximum absolute atomic E-state index is 5.41. The van der Waals surface area contributed by atoms with E-state index in [0.717, 1.165) is 18.2 Å². The van der Waals surface area contributed by atoms with Gasteiger partial charge in [0.1, 0.15) is 5.75 Å². The van der Waals surface area contributed by atoms with Crippen LogP contribution in [-0.2, 0) is 6.42 Å². The Balaban J connectivity index is 2.36. The minimum absolute atomic E-state index is 0.461. The van der Waals surface area contributed by atoms with E-state index in [1.54, 1.807) is 7.11 Å². The largest absolute Gasteiger partial charge is 0.497 e. The quantitative estimate of drug-likeness (QED) is 0.829. The molecule has 106 valence electrons.